The maximum absolute atomic E-state index is 13.9. The Balaban J connectivity index is 1.28. The van der Waals surface area contributed by atoms with E-state index in [0.717, 1.165) is 0 Å². The Morgan fingerprint density at radius 3 is 2.34 bits per heavy atom. The van der Waals surface area contributed by atoms with Gasteiger partial charge in [0.15, 0.2) is 0 Å². The molecule has 2 heterocycles. The van der Waals surface area contributed by atoms with E-state index in [4.69, 9.17) is 4.74 Å². The van der Waals surface area contributed by atoms with Gasteiger partial charge in [0, 0.05) is 56.1 Å². The number of amides is 2. The molecule has 3 aromatic rings. The lowest BCUT2D eigenvalue weighted by Crippen LogP contribution is -2.44. The van der Waals surface area contributed by atoms with Crippen LogP contribution in [0.1, 0.15) is 39.3 Å². The fourth-order valence-electron chi connectivity index (χ4n) is 3.95. The monoisotopic (exact) mass is 480 g/mol. The average Bonchev–Trinajstić information content (AvgIpc) is 2.87. The summed E-state index contributed by atoms with van der Waals surface area (Å²) in [6.45, 7) is 1.48. The predicted octanol–water partition coefficient (Wildman–Crippen LogP) is 3.91. The number of rotatable bonds is 7. The average molecular weight is 481 g/mol. The van der Waals surface area contributed by atoms with Crippen LogP contribution in [0.5, 0.6) is 11.5 Å². The van der Waals surface area contributed by atoms with Gasteiger partial charge < -0.3 is 15.4 Å². The number of hydrogen-bond acceptors (Lipinski definition) is 5. The standard InChI is InChI=1S/C26H26F2N4O3/c1-29-26(34)24-15-20(9-12-30-24)35-19-7-5-17(6-8-19)25(33)31-18-10-13-32(14-11-18)16-21-22(27)3-2-4-23(21)28/h2-9,12,15,18H,10-11,13-14,16H2,1H3,(H,29,34)(H,31,33). The van der Waals surface area contributed by atoms with E-state index < -0.39 is 11.6 Å². The Morgan fingerprint density at radius 1 is 1.00 bits per heavy atom. The Kier molecular flexibility index (Phi) is 7.67. The third-order valence-corrected chi connectivity index (χ3v) is 5.91. The molecule has 35 heavy (non-hydrogen) atoms. The van der Waals surface area contributed by atoms with E-state index in [9.17, 15) is 18.4 Å². The van der Waals surface area contributed by atoms with Gasteiger partial charge >= 0.3 is 0 Å². The minimum absolute atomic E-state index is 0.0138. The maximum Gasteiger partial charge on any atom is 0.269 e. The van der Waals surface area contributed by atoms with Crippen LogP contribution in [0.2, 0.25) is 0 Å². The summed E-state index contributed by atoms with van der Waals surface area (Å²) in [5, 5.41) is 5.54. The number of carbonyl (C=O) groups excluding carboxylic acids is 2. The van der Waals surface area contributed by atoms with Crippen molar-refractivity contribution in [3.8, 4) is 11.5 Å². The number of likely N-dealkylation sites (tertiary alicyclic amines) is 1. The van der Waals surface area contributed by atoms with Crippen LogP contribution in [0.3, 0.4) is 0 Å². The highest BCUT2D eigenvalue weighted by Gasteiger charge is 2.23. The zero-order chi connectivity index (χ0) is 24.8. The first-order chi connectivity index (χ1) is 16.9. The molecule has 0 spiro atoms. The summed E-state index contributed by atoms with van der Waals surface area (Å²) < 4.78 is 33.6. The lowest BCUT2D eigenvalue weighted by molar-refractivity contribution is 0.0907. The second kappa shape index (κ2) is 11.1. The van der Waals surface area contributed by atoms with E-state index in [1.807, 2.05) is 4.90 Å². The molecule has 0 bridgehead atoms. The highest BCUT2D eigenvalue weighted by Crippen LogP contribution is 2.23. The molecule has 7 nitrogen and oxygen atoms in total. The van der Waals surface area contributed by atoms with Crippen LogP contribution < -0.4 is 15.4 Å². The van der Waals surface area contributed by atoms with Gasteiger partial charge in [-0.15, -0.1) is 0 Å². The van der Waals surface area contributed by atoms with Crippen molar-refractivity contribution >= 4 is 11.8 Å². The molecular weight excluding hydrogens is 454 g/mol. The molecule has 0 radical (unpaired) electrons. The minimum Gasteiger partial charge on any atom is -0.457 e. The summed E-state index contributed by atoms with van der Waals surface area (Å²) in [4.78, 5) is 30.4. The molecule has 1 aliphatic rings. The molecule has 0 atom stereocenters. The van der Waals surface area contributed by atoms with Crippen molar-refractivity contribution in [3.63, 3.8) is 0 Å². The van der Waals surface area contributed by atoms with Gasteiger partial charge in [-0.2, -0.15) is 0 Å². The van der Waals surface area contributed by atoms with Crippen LogP contribution in [-0.2, 0) is 6.54 Å². The number of nitrogens with one attached hydrogen (secondary N) is 2. The smallest absolute Gasteiger partial charge is 0.269 e. The molecule has 1 fully saturated rings. The molecule has 1 aliphatic heterocycles. The molecule has 1 saturated heterocycles. The molecule has 0 saturated carbocycles. The SMILES string of the molecule is CNC(=O)c1cc(Oc2ccc(C(=O)NC3CCN(Cc4c(F)cccc4F)CC3)cc2)ccn1. The summed E-state index contributed by atoms with van der Waals surface area (Å²) in [7, 11) is 1.53. The van der Waals surface area contributed by atoms with E-state index in [2.05, 4.69) is 15.6 Å². The Labute approximate surface area is 202 Å². The van der Waals surface area contributed by atoms with Gasteiger partial charge in [0.2, 0.25) is 0 Å². The second-order valence-corrected chi connectivity index (χ2v) is 8.31. The van der Waals surface area contributed by atoms with Crippen molar-refractivity contribution in [2.75, 3.05) is 20.1 Å². The number of hydrogen-bond donors (Lipinski definition) is 2. The molecule has 1 aromatic heterocycles. The van der Waals surface area contributed by atoms with Crippen LogP contribution in [0.4, 0.5) is 8.78 Å². The molecule has 0 aliphatic carbocycles. The van der Waals surface area contributed by atoms with Crippen LogP contribution >= 0.6 is 0 Å². The van der Waals surface area contributed by atoms with Crippen molar-refractivity contribution < 1.29 is 23.1 Å². The number of halogens is 2. The number of nitrogens with zero attached hydrogens (tertiary/aromatic N) is 2. The molecule has 2 N–H and O–H groups in total. The van der Waals surface area contributed by atoms with E-state index in [-0.39, 0.29) is 35.7 Å². The zero-order valence-corrected chi connectivity index (χ0v) is 19.3. The minimum atomic E-state index is -0.538. The lowest BCUT2D eigenvalue weighted by atomic mass is 10.0. The molecule has 4 rings (SSSR count). The van der Waals surface area contributed by atoms with Crippen LogP contribution in [0.15, 0.2) is 60.8 Å². The van der Waals surface area contributed by atoms with E-state index in [1.165, 1.54) is 37.5 Å². The molecule has 9 heteroatoms. The normalized spacial score (nSPS) is 14.4. The van der Waals surface area contributed by atoms with Gasteiger partial charge in [-0.05, 0) is 55.3 Å². The van der Waals surface area contributed by atoms with Gasteiger partial charge in [0.25, 0.3) is 11.8 Å². The topological polar surface area (TPSA) is 83.6 Å². The van der Waals surface area contributed by atoms with Crippen LogP contribution in [0.25, 0.3) is 0 Å². The lowest BCUT2D eigenvalue weighted by Gasteiger charge is -2.32. The molecule has 0 unspecified atom stereocenters. The Hall–Kier alpha value is -3.85. The highest BCUT2D eigenvalue weighted by molar-refractivity contribution is 5.94. The van der Waals surface area contributed by atoms with Gasteiger partial charge in [-0.1, -0.05) is 6.07 Å². The second-order valence-electron chi connectivity index (χ2n) is 8.31. The molecular formula is C26H26F2N4O3. The molecule has 2 amide bonds. The van der Waals surface area contributed by atoms with Gasteiger partial charge in [0.1, 0.15) is 28.8 Å². The summed E-state index contributed by atoms with van der Waals surface area (Å²) in [6, 6.07) is 13.7. The van der Waals surface area contributed by atoms with Gasteiger partial charge in [-0.25, -0.2) is 8.78 Å². The highest BCUT2D eigenvalue weighted by atomic mass is 19.1. The number of aromatic nitrogens is 1. The van der Waals surface area contributed by atoms with Crippen molar-refractivity contribution in [1.29, 1.82) is 0 Å². The van der Waals surface area contributed by atoms with Gasteiger partial charge in [-0.3, -0.25) is 19.5 Å². The Bertz CT molecular complexity index is 1180. The number of piperidine rings is 1. The first kappa shape index (κ1) is 24.3. The summed E-state index contributed by atoms with van der Waals surface area (Å²) in [5.41, 5.74) is 0.814. The fraction of sp³-hybridized carbons (Fsp3) is 0.269. The quantitative estimate of drug-likeness (QED) is 0.536. The predicted molar refractivity (Wildman–Crippen MR) is 126 cm³/mol. The van der Waals surface area contributed by atoms with Crippen LogP contribution in [0, 0.1) is 11.6 Å². The molecule has 182 valence electrons. The largest absolute Gasteiger partial charge is 0.457 e. The Morgan fingerprint density at radius 2 is 1.69 bits per heavy atom. The van der Waals surface area contributed by atoms with Crippen molar-refractivity contribution in [2.45, 2.75) is 25.4 Å². The van der Waals surface area contributed by atoms with Crippen molar-refractivity contribution in [1.82, 2.24) is 20.5 Å². The van der Waals surface area contributed by atoms with E-state index >= 15 is 0 Å². The third-order valence-electron chi connectivity index (χ3n) is 5.91. The third kappa shape index (κ3) is 6.19. The number of benzene rings is 2. The zero-order valence-electron chi connectivity index (χ0n) is 19.3. The first-order valence-corrected chi connectivity index (χ1v) is 11.3. The number of ether oxygens (including phenoxy) is 1. The summed E-state index contributed by atoms with van der Waals surface area (Å²) in [6.07, 6.45) is 2.87. The summed E-state index contributed by atoms with van der Waals surface area (Å²) >= 11 is 0. The first-order valence-electron chi connectivity index (χ1n) is 11.3. The van der Waals surface area contributed by atoms with Gasteiger partial charge in [0.05, 0.1) is 0 Å². The summed E-state index contributed by atoms with van der Waals surface area (Å²) in [5.74, 6) is -0.608. The maximum atomic E-state index is 13.9. The van der Waals surface area contributed by atoms with Crippen molar-refractivity contribution in [3.05, 3.63) is 89.2 Å². The fourth-order valence-corrected chi connectivity index (χ4v) is 3.95. The van der Waals surface area contributed by atoms with Crippen molar-refractivity contribution in [2.24, 2.45) is 0 Å². The van der Waals surface area contributed by atoms with E-state index in [1.54, 1.807) is 30.3 Å². The molecule has 2 aromatic carbocycles. The number of carbonyl (C=O) groups is 2. The van der Waals surface area contributed by atoms with E-state index in [0.29, 0.717) is 43.0 Å². The number of pyridine rings is 1. The van der Waals surface area contributed by atoms with Crippen LogP contribution in [-0.4, -0.2) is 47.9 Å².